The zero-order valence-electron chi connectivity index (χ0n) is 11.9. The van der Waals surface area contributed by atoms with E-state index < -0.39 is 16.9 Å². The van der Waals surface area contributed by atoms with Crippen molar-refractivity contribution in [3.05, 3.63) is 0 Å². The molecule has 0 bridgehead atoms. The molecule has 0 spiro atoms. The summed E-state index contributed by atoms with van der Waals surface area (Å²) in [5.41, 5.74) is 4.08. The Labute approximate surface area is 109 Å². The molecule has 0 aromatic rings. The van der Waals surface area contributed by atoms with Gasteiger partial charge in [0, 0.05) is 6.54 Å². The third-order valence-corrected chi connectivity index (χ3v) is 3.68. The molecule has 0 saturated heterocycles. The summed E-state index contributed by atoms with van der Waals surface area (Å²) in [5, 5.41) is 11.9. The Kier molecular flexibility index (Phi) is 6.32. The summed E-state index contributed by atoms with van der Waals surface area (Å²) in [6.45, 7) is 7.39. The van der Waals surface area contributed by atoms with Crippen LogP contribution in [0.4, 0.5) is 0 Å². The Balaban J connectivity index is 4.64. The fraction of sp³-hybridized carbons (Fsp3) is 0.846. The Morgan fingerprint density at radius 2 is 1.72 bits per heavy atom. The van der Waals surface area contributed by atoms with Crippen LogP contribution < -0.4 is 11.1 Å². The SMILES string of the molecule is CCCC(C)(N)C(=O)NCC(CC)(CC)C(=O)O. The number of nitrogens with two attached hydrogens (primary N) is 1. The number of carboxylic acid groups (broad SMARTS) is 1. The average molecular weight is 258 g/mol. The summed E-state index contributed by atoms with van der Waals surface area (Å²) in [5.74, 6) is -1.15. The second-order valence-electron chi connectivity index (χ2n) is 5.14. The van der Waals surface area contributed by atoms with Gasteiger partial charge in [0.15, 0.2) is 0 Å². The smallest absolute Gasteiger partial charge is 0.311 e. The van der Waals surface area contributed by atoms with Crippen molar-refractivity contribution in [3.8, 4) is 0 Å². The first-order valence-corrected chi connectivity index (χ1v) is 6.56. The van der Waals surface area contributed by atoms with Crippen LogP contribution in [0.1, 0.15) is 53.4 Å². The first kappa shape index (κ1) is 16.9. The van der Waals surface area contributed by atoms with Gasteiger partial charge >= 0.3 is 5.97 Å². The minimum absolute atomic E-state index is 0.130. The molecule has 0 saturated carbocycles. The molecule has 0 aliphatic carbocycles. The maximum atomic E-state index is 11.9. The van der Waals surface area contributed by atoms with E-state index in [1.54, 1.807) is 6.92 Å². The molecule has 0 aliphatic heterocycles. The molecule has 1 unspecified atom stereocenters. The summed E-state index contributed by atoms with van der Waals surface area (Å²) in [6, 6.07) is 0. The third-order valence-electron chi connectivity index (χ3n) is 3.68. The molecule has 4 N–H and O–H groups in total. The van der Waals surface area contributed by atoms with Crippen molar-refractivity contribution in [3.63, 3.8) is 0 Å². The maximum Gasteiger partial charge on any atom is 0.311 e. The standard InChI is InChI=1S/C13H26N2O3/c1-5-8-12(4,14)10(16)15-9-13(6-2,7-3)11(17)18/h5-9,14H2,1-4H3,(H,15,16)(H,17,18). The van der Waals surface area contributed by atoms with E-state index in [1.165, 1.54) is 0 Å². The summed E-state index contributed by atoms with van der Waals surface area (Å²) in [7, 11) is 0. The van der Waals surface area contributed by atoms with Crippen LogP contribution in [0, 0.1) is 5.41 Å². The van der Waals surface area contributed by atoms with E-state index in [0.717, 1.165) is 6.42 Å². The van der Waals surface area contributed by atoms with Gasteiger partial charge in [0.25, 0.3) is 0 Å². The lowest BCUT2D eigenvalue weighted by molar-refractivity contribution is -0.149. The van der Waals surface area contributed by atoms with Gasteiger partial charge in [-0.2, -0.15) is 0 Å². The molecule has 5 nitrogen and oxygen atoms in total. The average Bonchev–Trinajstić information content (AvgIpc) is 2.30. The van der Waals surface area contributed by atoms with Gasteiger partial charge in [0.05, 0.1) is 11.0 Å². The largest absolute Gasteiger partial charge is 0.481 e. The van der Waals surface area contributed by atoms with Gasteiger partial charge in [0.2, 0.25) is 5.91 Å². The molecule has 0 radical (unpaired) electrons. The van der Waals surface area contributed by atoms with Crippen LogP contribution in [0.25, 0.3) is 0 Å². The van der Waals surface area contributed by atoms with Crippen LogP contribution in [0.3, 0.4) is 0 Å². The van der Waals surface area contributed by atoms with E-state index in [0.29, 0.717) is 19.3 Å². The van der Waals surface area contributed by atoms with E-state index >= 15 is 0 Å². The molecule has 18 heavy (non-hydrogen) atoms. The van der Waals surface area contributed by atoms with Crippen LogP contribution in [-0.4, -0.2) is 29.1 Å². The van der Waals surface area contributed by atoms with Crippen molar-refractivity contribution >= 4 is 11.9 Å². The highest BCUT2D eigenvalue weighted by Crippen LogP contribution is 2.26. The van der Waals surface area contributed by atoms with Crippen LogP contribution in [0.15, 0.2) is 0 Å². The van der Waals surface area contributed by atoms with E-state index in [1.807, 2.05) is 20.8 Å². The fourth-order valence-electron chi connectivity index (χ4n) is 1.96. The highest BCUT2D eigenvalue weighted by atomic mass is 16.4. The quantitative estimate of drug-likeness (QED) is 0.615. The van der Waals surface area contributed by atoms with Crippen molar-refractivity contribution in [2.24, 2.45) is 11.1 Å². The molecule has 0 rings (SSSR count). The number of carbonyl (C=O) groups excluding carboxylic acids is 1. The molecular weight excluding hydrogens is 232 g/mol. The van der Waals surface area contributed by atoms with E-state index in [4.69, 9.17) is 5.73 Å². The van der Waals surface area contributed by atoms with Gasteiger partial charge in [0.1, 0.15) is 0 Å². The number of hydrogen-bond acceptors (Lipinski definition) is 3. The summed E-state index contributed by atoms with van der Waals surface area (Å²) in [4.78, 5) is 23.2. The van der Waals surface area contributed by atoms with Gasteiger partial charge in [-0.1, -0.05) is 27.2 Å². The van der Waals surface area contributed by atoms with Gasteiger partial charge in [-0.3, -0.25) is 9.59 Å². The first-order chi connectivity index (χ1) is 8.25. The van der Waals surface area contributed by atoms with E-state index in [9.17, 15) is 14.7 Å². The van der Waals surface area contributed by atoms with Gasteiger partial charge in [-0.25, -0.2) is 0 Å². The number of aliphatic carboxylic acids is 1. The minimum Gasteiger partial charge on any atom is -0.481 e. The number of carboxylic acids is 1. The normalized spacial score (nSPS) is 14.9. The molecule has 5 heteroatoms. The van der Waals surface area contributed by atoms with Gasteiger partial charge < -0.3 is 16.2 Å². The Bertz CT molecular complexity index is 297. The predicted molar refractivity (Wildman–Crippen MR) is 71.2 cm³/mol. The molecule has 1 atom stereocenters. The lowest BCUT2D eigenvalue weighted by atomic mass is 9.82. The van der Waals surface area contributed by atoms with Crippen molar-refractivity contribution in [2.75, 3.05) is 6.54 Å². The lowest BCUT2D eigenvalue weighted by Gasteiger charge is -2.30. The van der Waals surface area contributed by atoms with Crippen molar-refractivity contribution in [2.45, 2.75) is 58.9 Å². The molecule has 0 heterocycles. The van der Waals surface area contributed by atoms with Crippen LogP contribution in [0.5, 0.6) is 0 Å². The first-order valence-electron chi connectivity index (χ1n) is 6.56. The van der Waals surface area contributed by atoms with E-state index in [-0.39, 0.29) is 12.5 Å². The predicted octanol–water partition coefficient (Wildman–Crippen LogP) is 1.51. The van der Waals surface area contributed by atoms with E-state index in [2.05, 4.69) is 5.32 Å². The summed E-state index contributed by atoms with van der Waals surface area (Å²) >= 11 is 0. The second-order valence-corrected chi connectivity index (χ2v) is 5.14. The molecule has 0 fully saturated rings. The Morgan fingerprint density at radius 3 is 2.06 bits per heavy atom. The number of nitrogens with one attached hydrogen (secondary N) is 1. The van der Waals surface area contributed by atoms with Crippen molar-refractivity contribution < 1.29 is 14.7 Å². The second kappa shape index (κ2) is 6.73. The van der Waals surface area contributed by atoms with Crippen molar-refractivity contribution in [1.82, 2.24) is 5.32 Å². The van der Waals surface area contributed by atoms with Crippen molar-refractivity contribution in [1.29, 1.82) is 0 Å². The molecular formula is C13H26N2O3. The van der Waals surface area contributed by atoms with Crippen LogP contribution >= 0.6 is 0 Å². The topological polar surface area (TPSA) is 92.4 Å². The lowest BCUT2D eigenvalue weighted by Crippen LogP contribution is -2.54. The minimum atomic E-state index is -0.930. The number of carbonyl (C=O) groups is 2. The number of amides is 1. The van der Waals surface area contributed by atoms with Gasteiger partial charge in [-0.15, -0.1) is 0 Å². The molecule has 0 aliphatic rings. The number of rotatable bonds is 8. The molecule has 1 amide bonds. The molecule has 106 valence electrons. The third kappa shape index (κ3) is 3.98. The summed E-state index contributed by atoms with van der Waals surface area (Å²) in [6.07, 6.45) is 2.35. The maximum absolute atomic E-state index is 11.9. The zero-order valence-corrected chi connectivity index (χ0v) is 11.9. The monoisotopic (exact) mass is 258 g/mol. The molecule has 0 aromatic heterocycles. The fourth-order valence-corrected chi connectivity index (χ4v) is 1.96. The highest BCUT2D eigenvalue weighted by molar-refractivity contribution is 5.86. The highest BCUT2D eigenvalue weighted by Gasteiger charge is 2.37. The van der Waals surface area contributed by atoms with Crippen LogP contribution in [0.2, 0.25) is 0 Å². The number of hydrogen-bond donors (Lipinski definition) is 3. The molecule has 0 aromatic carbocycles. The van der Waals surface area contributed by atoms with Gasteiger partial charge in [-0.05, 0) is 26.2 Å². The Hall–Kier alpha value is -1.10. The Morgan fingerprint density at radius 1 is 1.22 bits per heavy atom. The van der Waals surface area contributed by atoms with Crippen LogP contribution in [-0.2, 0) is 9.59 Å². The zero-order chi connectivity index (χ0) is 14.4. The summed E-state index contributed by atoms with van der Waals surface area (Å²) < 4.78 is 0.